The van der Waals surface area contributed by atoms with Gasteiger partial charge in [-0.15, -0.1) is 0 Å². The summed E-state index contributed by atoms with van der Waals surface area (Å²) in [6.45, 7) is 6.55. The van der Waals surface area contributed by atoms with E-state index in [1.807, 2.05) is 0 Å². The summed E-state index contributed by atoms with van der Waals surface area (Å²) in [4.78, 5) is 28.2. The molecule has 5 nitrogen and oxygen atoms in total. The first-order valence-electron chi connectivity index (χ1n) is 8.46. The number of hydrogen-bond acceptors (Lipinski definition) is 3. The van der Waals surface area contributed by atoms with Gasteiger partial charge in [0.25, 0.3) is 0 Å². The SMILES string of the molecule is C[C@@H]1C[C@H](C)CN(CC(=O)N(C)CC(=O)Nc2c(Cl)cccc2Cl)C1. The van der Waals surface area contributed by atoms with Gasteiger partial charge >= 0.3 is 0 Å². The molecule has 2 rings (SSSR count). The Bertz CT molecular complexity index is 608. The summed E-state index contributed by atoms with van der Waals surface area (Å²) in [7, 11) is 1.63. The Morgan fingerprint density at radius 1 is 1.20 bits per heavy atom. The second-order valence-corrected chi connectivity index (χ2v) is 7.85. The lowest BCUT2D eigenvalue weighted by atomic mass is 9.92. The monoisotopic (exact) mass is 385 g/mol. The van der Waals surface area contributed by atoms with Gasteiger partial charge in [0.05, 0.1) is 28.8 Å². The van der Waals surface area contributed by atoms with E-state index in [4.69, 9.17) is 23.2 Å². The van der Waals surface area contributed by atoms with Crippen LogP contribution in [0.4, 0.5) is 5.69 Å². The molecule has 0 bridgehead atoms. The Labute approximate surface area is 159 Å². The quantitative estimate of drug-likeness (QED) is 0.844. The summed E-state index contributed by atoms with van der Waals surface area (Å²) >= 11 is 12.1. The number of hydrogen-bond donors (Lipinski definition) is 1. The molecule has 1 saturated heterocycles. The number of anilines is 1. The number of benzene rings is 1. The molecule has 7 heteroatoms. The zero-order chi connectivity index (χ0) is 18.6. The Morgan fingerprint density at radius 3 is 2.32 bits per heavy atom. The van der Waals surface area contributed by atoms with Crippen LogP contribution in [0.5, 0.6) is 0 Å². The average molecular weight is 386 g/mol. The molecular formula is C18H25Cl2N3O2. The smallest absolute Gasteiger partial charge is 0.244 e. The van der Waals surface area contributed by atoms with Crippen LogP contribution in [0.2, 0.25) is 10.0 Å². The number of carbonyl (C=O) groups is 2. The molecule has 1 aromatic rings. The van der Waals surface area contributed by atoms with Crippen molar-refractivity contribution in [2.24, 2.45) is 11.8 Å². The molecule has 0 saturated carbocycles. The number of para-hydroxylation sites is 1. The van der Waals surface area contributed by atoms with Crippen LogP contribution in [0.3, 0.4) is 0 Å². The van der Waals surface area contributed by atoms with Crippen molar-refractivity contribution >= 4 is 40.7 Å². The molecule has 0 aliphatic carbocycles. The predicted molar refractivity (Wildman–Crippen MR) is 102 cm³/mol. The van der Waals surface area contributed by atoms with E-state index in [2.05, 4.69) is 24.1 Å². The van der Waals surface area contributed by atoms with Crippen LogP contribution in [0.25, 0.3) is 0 Å². The van der Waals surface area contributed by atoms with Gasteiger partial charge in [-0.25, -0.2) is 0 Å². The van der Waals surface area contributed by atoms with Crippen molar-refractivity contribution in [1.82, 2.24) is 9.80 Å². The number of piperidine rings is 1. The van der Waals surface area contributed by atoms with Crippen molar-refractivity contribution in [3.05, 3.63) is 28.2 Å². The fourth-order valence-electron chi connectivity index (χ4n) is 3.33. The van der Waals surface area contributed by atoms with Crippen molar-refractivity contribution in [2.75, 3.05) is 38.5 Å². The number of rotatable bonds is 5. The third-order valence-electron chi connectivity index (χ3n) is 4.34. The maximum absolute atomic E-state index is 12.4. The van der Waals surface area contributed by atoms with Gasteiger partial charge in [0.1, 0.15) is 0 Å². The van der Waals surface area contributed by atoms with Gasteiger partial charge < -0.3 is 10.2 Å². The van der Waals surface area contributed by atoms with Crippen molar-refractivity contribution in [3.63, 3.8) is 0 Å². The summed E-state index contributed by atoms with van der Waals surface area (Å²) in [6.07, 6.45) is 1.20. The van der Waals surface area contributed by atoms with Crippen LogP contribution in [-0.2, 0) is 9.59 Å². The van der Waals surface area contributed by atoms with E-state index in [0.717, 1.165) is 13.1 Å². The average Bonchev–Trinajstić information content (AvgIpc) is 2.50. The number of nitrogens with one attached hydrogen (secondary N) is 1. The van der Waals surface area contributed by atoms with Crippen molar-refractivity contribution < 1.29 is 9.59 Å². The standard InChI is InChI=1S/C18H25Cl2N3O2/c1-12-7-13(2)9-23(8-12)11-17(25)22(3)10-16(24)21-18-14(19)5-4-6-15(18)20/h4-6,12-13H,7-11H2,1-3H3,(H,21,24)/t12-,13+. The predicted octanol–water partition coefficient (Wildman–Crippen LogP) is 3.37. The molecule has 2 atom stereocenters. The topological polar surface area (TPSA) is 52.7 Å². The maximum Gasteiger partial charge on any atom is 0.244 e. The highest BCUT2D eigenvalue weighted by atomic mass is 35.5. The number of likely N-dealkylation sites (N-methyl/N-ethyl adjacent to an activating group) is 1. The minimum Gasteiger partial charge on any atom is -0.335 e. The van der Waals surface area contributed by atoms with Crippen LogP contribution in [0.15, 0.2) is 18.2 Å². The second kappa shape index (κ2) is 8.88. The Kier molecular flexibility index (Phi) is 7.11. The highest BCUT2D eigenvalue weighted by Crippen LogP contribution is 2.29. The first kappa shape index (κ1) is 20.0. The summed E-state index contributed by atoms with van der Waals surface area (Å²) in [5, 5.41) is 3.41. The number of carbonyl (C=O) groups excluding carboxylic acids is 2. The second-order valence-electron chi connectivity index (χ2n) is 7.03. The lowest BCUT2D eigenvalue weighted by Gasteiger charge is -2.35. The van der Waals surface area contributed by atoms with Gasteiger partial charge in [-0.2, -0.15) is 0 Å². The molecule has 0 unspecified atom stereocenters. The molecule has 1 heterocycles. The lowest BCUT2D eigenvalue weighted by molar-refractivity contribution is -0.134. The molecule has 2 amide bonds. The van der Waals surface area contributed by atoms with Gasteiger partial charge in [0, 0.05) is 20.1 Å². The minimum atomic E-state index is -0.328. The Balaban J connectivity index is 1.87. The van der Waals surface area contributed by atoms with Crippen LogP contribution < -0.4 is 5.32 Å². The fraction of sp³-hybridized carbons (Fsp3) is 0.556. The van der Waals surface area contributed by atoms with E-state index in [0.29, 0.717) is 34.1 Å². The van der Waals surface area contributed by atoms with Crippen LogP contribution >= 0.6 is 23.2 Å². The highest BCUT2D eigenvalue weighted by molar-refractivity contribution is 6.39. The molecule has 138 valence electrons. The molecule has 25 heavy (non-hydrogen) atoms. The summed E-state index contributed by atoms with van der Waals surface area (Å²) < 4.78 is 0. The van der Waals surface area contributed by atoms with Crippen LogP contribution in [0, 0.1) is 11.8 Å². The molecular weight excluding hydrogens is 361 g/mol. The van der Waals surface area contributed by atoms with Crippen molar-refractivity contribution in [3.8, 4) is 0 Å². The summed E-state index contributed by atoms with van der Waals surface area (Å²) in [6, 6.07) is 5.00. The number of nitrogens with zero attached hydrogens (tertiary/aromatic N) is 2. The van der Waals surface area contributed by atoms with E-state index >= 15 is 0 Å². The van der Waals surface area contributed by atoms with E-state index in [-0.39, 0.29) is 18.4 Å². The van der Waals surface area contributed by atoms with E-state index in [9.17, 15) is 9.59 Å². The molecule has 0 aromatic heterocycles. The zero-order valence-electron chi connectivity index (χ0n) is 14.9. The first-order valence-corrected chi connectivity index (χ1v) is 9.22. The molecule has 0 spiro atoms. The highest BCUT2D eigenvalue weighted by Gasteiger charge is 2.25. The zero-order valence-corrected chi connectivity index (χ0v) is 16.4. The summed E-state index contributed by atoms with van der Waals surface area (Å²) in [5.74, 6) is 0.785. The molecule has 1 aliphatic rings. The van der Waals surface area contributed by atoms with E-state index < -0.39 is 0 Å². The number of halogens is 2. The summed E-state index contributed by atoms with van der Waals surface area (Å²) in [5.41, 5.74) is 0.371. The largest absolute Gasteiger partial charge is 0.335 e. The van der Waals surface area contributed by atoms with Gasteiger partial charge in [0.2, 0.25) is 11.8 Å². The first-order chi connectivity index (χ1) is 11.8. The van der Waals surface area contributed by atoms with Crippen LogP contribution in [-0.4, -0.2) is 54.8 Å². The third-order valence-corrected chi connectivity index (χ3v) is 4.97. The third kappa shape index (κ3) is 5.87. The Hall–Kier alpha value is -1.30. The maximum atomic E-state index is 12.4. The van der Waals surface area contributed by atoms with Crippen LogP contribution in [0.1, 0.15) is 20.3 Å². The van der Waals surface area contributed by atoms with E-state index in [1.165, 1.54) is 11.3 Å². The van der Waals surface area contributed by atoms with Crippen molar-refractivity contribution in [2.45, 2.75) is 20.3 Å². The number of likely N-dealkylation sites (tertiary alicyclic amines) is 1. The van der Waals surface area contributed by atoms with Crippen molar-refractivity contribution in [1.29, 1.82) is 0 Å². The molecule has 1 N–H and O–H groups in total. The lowest BCUT2D eigenvalue weighted by Crippen LogP contribution is -2.46. The van der Waals surface area contributed by atoms with Gasteiger partial charge in [-0.1, -0.05) is 43.1 Å². The normalized spacial score (nSPS) is 21.0. The van der Waals surface area contributed by atoms with Gasteiger partial charge in [-0.3, -0.25) is 14.5 Å². The minimum absolute atomic E-state index is 0.0423. The number of amides is 2. The van der Waals surface area contributed by atoms with E-state index in [1.54, 1.807) is 25.2 Å². The van der Waals surface area contributed by atoms with Gasteiger partial charge in [-0.05, 0) is 30.4 Å². The van der Waals surface area contributed by atoms with Gasteiger partial charge in [0.15, 0.2) is 0 Å². The molecule has 1 aliphatic heterocycles. The fourth-order valence-corrected chi connectivity index (χ4v) is 3.82. The molecule has 1 aromatic carbocycles. The molecule has 0 radical (unpaired) electrons. The molecule has 1 fully saturated rings. The Morgan fingerprint density at radius 2 is 1.76 bits per heavy atom.